The number of nitrogens with one attached hydrogen (secondary N) is 2. The van der Waals surface area contributed by atoms with Crippen LogP contribution >= 0.6 is 15.9 Å². The molecule has 0 aliphatic heterocycles. The number of nitrogens with zero attached hydrogens (tertiary/aromatic N) is 2. The lowest BCUT2D eigenvalue weighted by atomic mass is 10.1. The van der Waals surface area contributed by atoms with Crippen LogP contribution in [0, 0.1) is 18.3 Å². The van der Waals surface area contributed by atoms with Crippen LogP contribution in [0.3, 0.4) is 0 Å². The zero-order chi connectivity index (χ0) is 13.7. The van der Waals surface area contributed by atoms with Gasteiger partial charge in [-0.1, -0.05) is 15.9 Å². The van der Waals surface area contributed by atoms with Gasteiger partial charge >= 0.3 is 0 Å². The number of rotatable bonds is 5. The van der Waals surface area contributed by atoms with Crippen LogP contribution in [0.4, 0.5) is 5.69 Å². The van der Waals surface area contributed by atoms with Crippen LogP contribution in [0.15, 0.2) is 28.9 Å². The number of benzene rings is 1. The Hall–Kier alpha value is -1.80. The fraction of sp³-hybridized carbons (Fsp3) is 0.286. The number of halogens is 1. The average molecular weight is 319 g/mol. The maximum Gasteiger partial charge on any atom is 0.101 e. The van der Waals surface area contributed by atoms with Crippen LogP contribution in [0.5, 0.6) is 0 Å². The van der Waals surface area contributed by atoms with Crippen LogP contribution in [-0.4, -0.2) is 16.7 Å². The number of H-pyrrole nitrogens is 1. The van der Waals surface area contributed by atoms with Gasteiger partial charge in [0.25, 0.3) is 0 Å². The van der Waals surface area contributed by atoms with Crippen molar-refractivity contribution >= 4 is 21.6 Å². The molecule has 1 aromatic carbocycles. The van der Waals surface area contributed by atoms with Crippen molar-refractivity contribution in [2.24, 2.45) is 0 Å². The van der Waals surface area contributed by atoms with Crippen molar-refractivity contribution in [2.45, 2.75) is 19.8 Å². The molecule has 0 fully saturated rings. The van der Waals surface area contributed by atoms with Gasteiger partial charge in [-0.05, 0) is 43.5 Å². The monoisotopic (exact) mass is 318 g/mol. The van der Waals surface area contributed by atoms with E-state index in [-0.39, 0.29) is 0 Å². The zero-order valence-corrected chi connectivity index (χ0v) is 12.3. The van der Waals surface area contributed by atoms with Gasteiger partial charge in [0.2, 0.25) is 0 Å². The van der Waals surface area contributed by atoms with E-state index in [1.54, 1.807) is 0 Å². The van der Waals surface area contributed by atoms with E-state index >= 15 is 0 Å². The first-order valence-electron chi connectivity index (χ1n) is 6.13. The molecule has 0 unspecified atom stereocenters. The standard InChI is InChI=1S/C14H15BrN4/c1-10-11(9-18-19-10)3-2-6-17-14-5-4-13(15)7-12(14)8-16/h4-5,7,9,17H,2-3,6H2,1H3,(H,18,19). The van der Waals surface area contributed by atoms with Gasteiger partial charge in [0.15, 0.2) is 0 Å². The third-order valence-electron chi connectivity index (χ3n) is 2.97. The molecular weight excluding hydrogens is 304 g/mol. The number of aryl methyl sites for hydroxylation is 2. The van der Waals surface area contributed by atoms with Crippen LogP contribution < -0.4 is 5.32 Å². The van der Waals surface area contributed by atoms with Crippen molar-refractivity contribution in [1.82, 2.24) is 10.2 Å². The average Bonchev–Trinajstić information content (AvgIpc) is 2.81. The summed E-state index contributed by atoms with van der Waals surface area (Å²) in [5.74, 6) is 0. The first-order chi connectivity index (χ1) is 9.20. The molecule has 1 heterocycles. The molecule has 0 bridgehead atoms. The number of hydrogen-bond donors (Lipinski definition) is 2. The minimum atomic E-state index is 0.661. The maximum absolute atomic E-state index is 9.06. The van der Waals surface area contributed by atoms with Crippen LogP contribution in [0.1, 0.15) is 23.2 Å². The van der Waals surface area contributed by atoms with E-state index in [1.165, 1.54) is 5.56 Å². The van der Waals surface area contributed by atoms with Crippen LogP contribution in [0.25, 0.3) is 0 Å². The molecule has 98 valence electrons. The second-order valence-corrected chi connectivity index (χ2v) is 5.27. The zero-order valence-electron chi connectivity index (χ0n) is 10.7. The van der Waals surface area contributed by atoms with E-state index < -0.39 is 0 Å². The van der Waals surface area contributed by atoms with Gasteiger partial charge in [-0.25, -0.2) is 0 Å². The number of hydrogen-bond acceptors (Lipinski definition) is 3. The molecule has 5 heteroatoms. The van der Waals surface area contributed by atoms with Crippen LogP contribution in [-0.2, 0) is 6.42 Å². The first-order valence-corrected chi connectivity index (χ1v) is 6.92. The van der Waals surface area contributed by atoms with Gasteiger partial charge in [0.1, 0.15) is 6.07 Å². The molecule has 1 aromatic heterocycles. The van der Waals surface area contributed by atoms with Crippen molar-refractivity contribution in [3.8, 4) is 6.07 Å². The number of aromatic nitrogens is 2. The summed E-state index contributed by atoms with van der Waals surface area (Å²) in [4.78, 5) is 0. The summed E-state index contributed by atoms with van der Waals surface area (Å²) < 4.78 is 0.920. The lowest BCUT2D eigenvalue weighted by Gasteiger charge is -2.08. The predicted molar refractivity (Wildman–Crippen MR) is 79.0 cm³/mol. The van der Waals surface area contributed by atoms with E-state index in [0.29, 0.717) is 5.56 Å². The minimum absolute atomic E-state index is 0.661. The van der Waals surface area contributed by atoms with E-state index in [0.717, 1.165) is 35.2 Å². The Kier molecular flexibility index (Phi) is 4.58. The molecule has 19 heavy (non-hydrogen) atoms. The highest BCUT2D eigenvalue weighted by Gasteiger charge is 2.03. The SMILES string of the molecule is Cc1[nH]ncc1CCCNc1ccc(Br)cc1C#N. The van der Waals surface area contributed by atoms with Crippen molar-refractivity contribution in [1.29, 1.82) is 5.26 Å². The first kappa shape index (κ1) is 13.6. The summed E-state index contributed by atoms with van der Waals surface area (Å²) >= 11 is 3.36. The molecule has 0 atom stereocenters. The molecule has 4 nitrogen and oxygen atoms in total. The Bertz CT molecular complexity index is 598. The van der Waals surface area contributed by atoms with Crippen LogP contribution in [0.2, 0.25) is 0 Å². The smallest absolute Gasteiger partial charge is 0.101 e. The fourth-order valence-corrected chi connectivity index (χ4v) is 2.25. The minimum Gasteiger partial charge on any atom is -0.384 e. The predicted octanol–water partition coefficient (Wildman–Crippen LogP) is 3.40. The third kappa shape index (κ3) is 3.58. The summed E-state index contributed by atoms with van der Waals surface area (Å²) in [6.07, 6.45) is 3.85. The second kappa shape index (κ2) is 6.39. The van der Waals surface area contributed by atoms with E-state index in [4.69, 9.17) is 5.26 Å². The largest absolute Gasteiger partial charge is 0.384 e. The molecular formula is C14H15BrN4. The number of aromatic amines is 1. The van der Waals surface area contributed by atoms with Gasteiger partial charge in [0, 0.05) is 16.7 Å². The molecule has 2 N–H and O–H groups in total. The molecule has 2 aromatic rings. The summed E-state index contributed by atoms with van der Waals surface area (Å²) in [5, 5.41) is 19.3. The highest BCUT2D eigenvalue weighted by Crippen LogP contribution is 2.20. The molecule has 0 saturated heterocycles. The molecule has 0 spiro atoms. The lowest BCUT2D eigenvalue weighted by Crippen LogP contribution is -2.04. The molecule has 0 amide bonds. The highest BCUT2D eigenvalue weighted by atomic mass is 79.9. The normalized spacial score (nSPS) is 10.2. The van der Waals surface area contributed by atoms with E-state index in [9.17, 15) is 0 Å². The number of nitriles is 1. The van der Waals surface area contributed by atoms with Crippen molar-refractivity contribution in [3.05, 3.63) is 45.7 Å². The Morgan fingerprint density at radius 3 is 3.00 bits per heavy atom. The quantitative estimate of drug-likeness (QED) is 0.830. The molecule has 0 saturated carbocycles. The van der Waals surface area contributed by atoms with Crippen molar-refractivity contribution in [3.63, 3.8) is 0 Å². The Morgan fingerprint density at radius 2 is 2.32 bits per heavy atom. The van der Waals surface area contributed by atoms with Gasteiger partial charge in [0.05, 0.1) is 17.4 Å². The molecule has 0 radical (unpaired) electrons. The van der Waals surface area contributed by atoms with Gasteiger partial charge < -0.3 is 5.32 Å². The van der Waals surface area contributed by atoms with Crippen molar-refractivity contribution in [2.75, 3.05) is 11.9 Å². The molecule has 0 aliphatic carbocycles. The van der Waals surface area contributed by atoms with Gasteiger partial charge in [-0.3, -0.25) is 5.10 Å². The molecule has 2 rings (SSSR count). The summed E-state index contributed by atoms with van der Waals surface area (Å²) in [5.41, 5.74) is 3.92. The Balaban J connectivity index is 1.86. The van der Waals surface area contributed by atoms with Crippen molar-refractivity contribution < 1.29 is 0 Å². The van der Waals surface area contributed by atoms with Gasteiger partial charge in [-0.2, -0.15) is 10.4 Å². The second-order valence-electron chi connectivity index (χ2n) is 4.35. The third-order valence-corrected chi connectivity index (χ3v) is 3.47. The number of anilines is 1. The lowest BCUT2D eigenvalue weighted by molar-refractivity contribution is 0.857. The van der Waals surface area contributed by atoms with E-state index in [2.05, 4.69) is 37.5 Å². The summed E-state index contributed by atoms with van der Waals surface area (Å²) in [6, 6.07) is 7.87. The topological polar surface area (TPSA) is 64.5 Å². The van der Waals surface area contributed by atoms with Gasteiger partial charge in [-0.15, -0.1) is 0 Å². The fourth-order valence-electron chi connectivity index (χ4n) is 1.89. The van der Waals surface area contributed by atoms with E-state index in [1.807, 2.05) is 31.3 Å². The molecule has 0 aliphatic rings. The Morgan fingerprint density at radius 1 is 1.47 bits per heavy atom. The summed E-state index contributed by atoms with van der Waals surface area (Å²) in [7, 11) is 0. The highest BCUT2D eigenvalue weighted by molar-refractivity contribution is 9.10. The Labute approximate surface area is 121 Å². The summed E-state index contributed by atoms with van der Waals surface area (Å²) in [6.45, 7) is 2.86. The maximum atomic E-state index is 9.06.